The van der Waals surface area contributed by atoms with Crippen LogP contribution in [-0.4, -0.2) is 19.1 Å². The van der Waals surface area contributed by atoms with Crippen molar-refractivity contribution >= 4 is 28.5 Å². The summed E-state index contributed by atoms with van der Waals surface area (Å²) in [5.74, 6) is -0.0383. The Balaban J connectivity index is 2.36. The van der Waals surface area contributed by atoms with Gasteiger partial charge in [-0.2, -0.15) is 0 Å². The molecule has 1 rings (SSSR count). The average molecular weight is 331 g/mol. The average Bonchev–Trinajstić information content (AvgIpc) is 2.29. The molecule has 3 nitrogen and oxygen atoms in total. The second-order valence-corrected chi connectivity index (χ2v) is 4.29. The highest BCUT2D eigenvalue weighted by Crippen LogP contribution is 2.10. The lowest BCUT2D eigenvalue weighted by atomic mass is 10.2. The van der Waals surface area contributed by atoms with Crippen LogP contribution in [0.4, 0.5) is 0 Å². The molecule has 86 valence electrons. The van der Waals surface area contributed by atoms with Crippen LogP contribution in [-0.2, 0) is 4.74 Å². The third kappa shape index (κ3) is 4.22. The van der Waals surface area contributed by atoms with Gasteiger partial charge in [0.2, 0.25) is 0 Å². The quantitative estimate of drug-likeness (QED) is 0.494. The highest BCUT2D eigenvalue weighted by atomic mass is 127. The number of carbonyl (C=O) groups excluding carboxylic acids is 1. The molecule has 0 bridgehead atoms. The maximum Gasteiger partial charge on any atom is 0.252 e. The largest absolute Gasteiger partial charge is 0.502 e. The molecule has 1 aromatic rings. The third-order valence-corrected chi connectivity index (χ3v) is 2.90. The zero-order valence-electron chi connectivity index (χ0n) is 8.91. The number of hydrogen-bond acceptors (Lipinski definition) is 2. The van der Waals surface area contributed by atoms with Crippen LogP contribution in [0, 0.1) is 3.57 Å². The van der Waals surface area contributed by atoms with Crippen molar-refractivity contribution in [2.75, 3.05) is 13.2 Å². The van der Waals surface area contributed by atoms with Gasteiger partial charge in [-0.1, -0.05) is 18.7 Å². The van der Waals surface area contributed by atoms with Gasteiger partial charge in [-0.25, -0.2) is 0 Å². The van der Waals surface area contributed by atoms with Gasteiger partial charge in [-0.05, 0) is 41.1 Å². The summed E-state index contributed by atoms with van der Waals surface area (Å²) < 4.78 is 5.91. The molecule has 0 aliphatic heterocycles. The van der Waals surface area contributed by atoms with E-state index in [1.54, 1.807) is 0 Å². The van der Waals surface area contributed by atoms with E-state index < -0.39 is 0 Å². The van der Waals surface area contributed by atoms with Crippen LogP contribution >= 0.6 is 22.6 Å². The number of rotatable bonds is 6. The van der Waals surface area contributed by atoms with Crippen LogP contribution in [0.2, 0.25) is 0 Å². The lowest BCUT2D eigenvalue weighted by molar-refractivity contribution is 0.0949. The predicted molar refractivity (Wildman–Crippen MR) is 72.3 cm³/mol. The lowest BCUT2D eigenvalue weighted by Gasteiger charge is -2.06. The summed E-state index contributed by atoms with van der Waals surface area (Å²) in [5, 5.41) is 2.84. The highest BCUT2D eigenvalue weighted by Gasteiger charge is 2.07. The molecule has 0 radical (unpaired) electrons. The molecule has 0 atom stereocenters. The molecular formula is C12H14INO2. The van der Waals surface area contributed by atoms with Crippen LogP contribution in [0.3, 0.4) is 0 Å². The van der Waals surface area contributed by atoms with E-state index in [-0.39, 0.29) is 5.91 Å². The molecular weight excluding hydrogens is 317 g/mol. The Morgan fingerprint density at radius 3 is 2.94 bits per heavy atom. The van der Waals surface area contributed by atoms with Crippen LogP contribution in [0.5, 0.6) is 0 Å². The summed E-state index contributed by atoms with van der Waals surface area (Å²) in [7, 11) is 0. The number of carbonyl (C=O) groups is 1. The summed E-state index contributed by atoms with van der Waals surface area (Å²) in [6.07, 6.45) is 2.18. The molecule has 1 aromatic carbocycles. The van der Waals surface area contributed by atoms with Crippen LogP contribution < -0.4 is 5.32 Å². The SMILES string of the molecule is C=COCCCNC(=O)c1ccccc1I. The topological polar surface area (TPSA) is 38.3 Å². The van der Waals surface area contributed by atoms with Gasteiger partial charge >= 0.3 is 0 Å². The summed E-state index contributed by atoms with van der Waals surface area (Å²) in [5.41, 5.74) is 0.715. The normalized spacial score (nSPS) is 9.56. The van der Waals surface area contributed by atoms with Crippen molar-refractivity contribution in [3.8, 4) is 0 Å². The van der Waals surface area contributed by atoms with Crippen LogP contribution in [0.25, 0.3) is 0 Å². The Bertz CT molecular complexity index is 366. The lowest BCUT2D eigenvalue weighted by Crippen LogP contribution is -2.25. The number of ether oxygens (including phenoxy) is 1. The van der Waals surface area contributed by atoms with Gasteiger partial charge in [-0.15, -0.1) is 0 Å². The molecule has 0 fully saturated rings. The summed E-state index contributed by atoms with van der Waals surface area (Å²) in [6.45, 7) is 4.63. The molecule has 0 unspecified atom stereocenters. The Morgan fingerprint density at radius 2 is 2.25 bits per heavy atom. The highest BCUT2D eigenvalue weighted by molar-refractivity contribution is 14.1. The first kappa shape index (κ1) is 13.0. The Morgan fingerprint density at radius 1 is 1.50 bits per heavy atom. The van der Waals surface area contributed by atoms with Gasteiger partial charge in [0.25, 0.3) is 5.91 Å². The second-order valence-electron chi connectivity index (χ2n) is 3.13. The molecule has 1 amide bonds. The summed E-state index contributed by atoms with van der Waals surface area (Å²) in [6, 6.07) is 7.50. The number of halogens is 1. The van der Waals surface area contributed by atoms with E-state index in [0.717, 1.165) is 9.99 Å². The summed E-state index contributed by atoms with van der Waals surface area (Å²) >= 11 is 2.15. The van der Waals surface area contributed by atoms with Gasteiger partial charge in [0.1, 0.15) is 0 Å². The zero-order valence-corrected chi connectivity index (χ0v) is 11.1. The van der Waals surface area contributed by atoms with Gasteiger partial charge in [0.05, 0.1) is 18.4 Å². The molecule has 1 N–H and O–H groups in total. The maximum absolute atomic E-state index is 11.7. The first-order valence-electron chi connectivity index (χ1n) is 5.01. The van der Waals surface area contributed by atoms with Crippen molar-refractivity contribution < 1.29 is 9.53 Å². The minimum Gasteiger partial charge on any atom is -0.502 e. The molecule has 0 saturated heterocycles. The van der Waals surface area contributed by atoms with Crippen molar-refractivity contribution in [2.24, 2.45) is 0 Å². The minimum atomic E-state index is -0.0383. The van der Waals surface area contributed by atoms with Crippen molar-refractivity contribution in [3.63, 3.8) is 0 Å². The fraction of sp³-hybridized carbons (Fsp3) is 0.250. The summed E-state index contributed by atoms with van der Waals surface area (Å²) in [4.78, 5) is 11.7. The van der Waals surface area contributed by atoms with Gasteiger partial charge < -0.3 is 10.1 Å². The first-order valence-corrected chi connectivity index (χ1v) is 6.09. The minimum absolute atomic E-state index is 0.0383. The van der Waals surface area contributed by atoms with Crippen molar-refractivity contribution in [2.45, 2.75) is 6.42 Å². The second kappa shape index (κ2) is 7.27. The fourth-order valence-electron chi connectivity index (χ4n) is 1.18. The molecule has 0 aliphatic carbocycles. The number of benzene rings is 1. The smallest absolute Gasteiger partial charge is 0.252 e. The Kier molecular flexibility index (Phi) is 5.92. The fourth-order valence-corrected chi connectivity index (χ4v) is 1.81. The Labute approximate surface area is 109 Å². The van der Waals surface area contributed by atoms with E-state index in [1.165, 1.54) is 6.26 Å². The molecule has 16 heavy (non-hydrogen) atoms. The van der Waals surface area contributed by atoms with E-state index in [0.29, 0.717) is 18.7 Å². The molecule has 0 spiro atoms. The molecule has 4 heteroatoms. The number of hydrogen-bond donors (Lipinski definition) is 1. The van der Waals surface area contributed by atoms with Gasteiger partial charge in [0, 0.05) is 10.1 Å². The maximum atomic E-state index is 11.7. The van der Waals surface area contributed by atoms with Gasteiger partial charge in [-0.3, -0.25) is 4.79 Å². The molecule has 0 aromatic heterocycles. The van der Waals surface area contributed by atoms with E-state index in [2.05, 4.69) is 34.5 Å². The first-order chi connectivity index (χ1) is 7.75. The predicted octanol–water partition coefficient (Wildman–Crippen LogP) is 2.57. The van der Waals surface area contributed by atoms with Crippen molar-refractivity contribution in [1.82, 2.24) is 5.32 Å². The van der Waals surface area contributed by atoms with Crippen molar-refractivity contribution in [1.29, 1.82) is 0 Å². The molecule has 0 saturated carbocycles. The van der Waals surface area contributed by atoms with E-state index in [4.69, 9.17) is 4.74 Å². The third-order valence-electron chi connectivity index (χ3n) is 1.96. The van der Waals surface area contributed by atoms with Crippen molar-refractivity contribution in [3.05, 3.63) is 46.2 Å². The number of nitrogens with one attached hydrogen (secondary N) is 1. The van der Waals surface area contributed by atoms with E-state index in [9.17, 15) is 4.79 Å². The van der Waals surface area contributed by atoms with Crippen LogP contribution in [0.15, 0.2) is 37.1 Å². The van der Waals surface area contributed by atoms with E-state index in [1.807, 2.05) is 24.3 Å². The molecule has 0 heterocycles. The van der Waals surface area contributed by atoms with Crippen LogP contribution in [0.1, 0.15) is 16.8 Å². The monoisotopic (exact) mass is 331 g/mol. The van der Waals surface area contributed by atoms with Gasteiger partial charge in [0.15, 0.2) is 0 Å². The molecule has 0 aliphatic rings. The Hall–Kier alpha value is -1.04. The standard InChI is InChI=1S/C12H14INO2/c1-2-16-9-5-8-14-12(15)10-6-3-4-7-11(10)13/h2-4,6-7H,1,5,8-9H2,(H,14,15). The van der Waals surface area contributed by atoms with E-state index >= 15 is 0 Å². The number of amides is 1. The zero-order chi connectivity index (χ0) is 11.8.